The van der Waals surface area contributed by atoms with E-state index < -0.39 is 9.84 Å². The zero-order valence-corrected chi connectivity index (χ0v) is 14.9. The minimum atomic E-state index is -3.11. The number of hydrogen-bond donors (Lipinski definition) is 2. The first-order valence-electron chi connectivity index (χ1n) is 7.24. The first kappa shape index (κ1) is 19.9. The van der Waals surface area contributed by atoms with Gasteiger partial charge < -0.3 is 15.4 Å². The fourth-order valence-corrected chi connectivity index (χ4v) is 3.32. The van der Waals surface area contributed by atoms with Crippen molar-refractivity contribution in [3.63, 3.8) is 0 Å². The van der Waals surface area contributed by atoms with Crippen LogP contribution >= 0.6 is 12.4 Å². The maximum atomic E-state index is 12.2. The maximum absolute atomic E-state index is 12.2. The minimum Gasteiger partial charge on any atom is -0.375 e. The maximum Gasteiger partial charge on any atom is 0.240 e. The van der Waals surface area contributed by atoms with Crippen LogP contribution in [0.1, 0.15) is 18.1 Å². The van der Waals surface area contributed by atoms with Gasteiger partial charge in [-0.05, 0) is 18.1 Å². The van der Waals surface area contributed by atoms with E-state index in [0.717, 1.165) is 5.56 Å². The molecule has 2 rings (SSSR count). The number of carbonyl (C=O) groups excluding carboxylic acids is 1. The normalized spacial score (nSPS) is 21.3. The number of benzene rings is 1. The van der Waals surface area contributed by atoms with E-state index in [-0.39, 0.29) is 36.2 Å². The van der Waals surface area contributed by atoms with Gasteiger partial charge in [-0.2, -0.15) is 0 Å². The molecule has 0 radical (unpaired) electrons. The predicted octanol–water partition coefficient (Wildman–Crippen LogP) is 0.646. The second-order valence-corrected chi connectivity index (χ2v) is 7.70. The zero-order valence-electron chi connectivity index (χ0n) is 13.2. The summed E-state index contributed by atoms with van der Waals surface area (Å²) in [5, 5.41) is 5.97. The van der Waals surface area contributed by atoms with Crippen LogP contribution in [-0.2, 0) is 31.7 Å². The molecule has 23 heavy (non-hydrogen) atoms. The SMILES string of the molecule is C[C@H]1OCCN[C@@H]1C(=O)NCc1ccccc1CS(C)(=O)=O.Cl. The van der Waals surface area contributed by atoms with Gasteiger partial charge in [0.05, 0.1) is 18.5 Å². The topological polar surface area (TPSA) is 84.5 Å². The van der Waals surface area contributed by atoms with Crippen molar-refractivity contribution in [1.82, 2.24) is 10.6 Å². The molecule has 1 aromatic carbocycles. The highest BCUT2D eigenvalue weighted by Gasteiger charge is 2.28. The fraction of sp³-hybridized carbons (Fsp3) is 0.533. The Morgan fingerprint density at radius 1 is 1.35 bits per heavy atom. The van der Waals surface area contributed by atoms with Crippen molar-refractivity contribution in [2.75, 3.05) is 19.4 Å². The van der Waals surface area contributed by atoms with Gasteiger partial charge in [-0.1, -0.05) is 24.3 Å². The number of carbonyl (C=O) groups is 1. The standard InChI is InChI=1S/C15H22N2O4S.ClH/c1-11-14(16-7-8-21-11)15(18)17-9-12-5-3-4-6-13(12)10-22(2,19)20;/h3-6,11,14,16H,7-10H2,1-2H3,(H,17,18);1H/t11-,14+;/m1./s1. The van der Waals surface area contributed by atoms with Crippen molar-refractivity contribution in [2.45, 2.75) is 31.4 Å². The quantitative estimate of drug-likeness (QED) is 0.803. The predicted molar refractivity (Wildman–Crippen MR) is 91.3 cm³/mol. The summed E-state index contributed by atoms with van der Waals surface area (Å²) in [5.41, 5.74) is 1.52. The Morgan fingerprint density at radius 3 is 2.61 bits per heavy atom. The molecule has 8 heteroatoms. The van der Waals surface area contributed by atoms with Gasteiger partial charge in [0.1, 0.15) is 6.04 Å². The van der Waals surface area contributed by atoms with Gasteiger partial charge in [0.15, 0.2) is 9.84 Å². The van der Waals surface area contributed by atoms with E-state index in [1.165, 1.54) is 6.26 Å². The number of hydrogen-bond acceptors (Lipinski definition) is 5. The Hall–Kier alpha value is -1.15. The van der Waals surface area contributed by atoms with Gasteiger partial charge in [0.25, 0.3) is 0 Å². The average molecular weight is 363 g/mol. The van der Waals surface area contributed by atoms with E-state index in [1.807, 2.05) is 19.1 Å². The molecule has 6 nitrogen and oxygen atoms in total. The van der Waals surface area contributed by atoms with Gasteiger partial charge in [0.2, 0.25) is 5.91 Å². The van der Waals surface area contributed by atoms with Crippen LogP contribution in [0.15, 0.2) is 24.3 Å². The molecule has 130 valence electrons. The Labute approximate surface area is 143 Å². The third kappa shape index (κ3) is 6.10. The fourth-order valence-electron chi connectivity index (χ4n) is 2.47. The molecule has 1 amide bonds. The van der Waals surface area contributed by atoms with E-state index in [0.29, 0.717) is 25.3 Å². The molecule has 0 aliphatic carbocycles. The molecule has 0 spiro atoms. The number of morpholine rings is 1. The smallest absolute Gasteiger partial charge is 0.240 e. The lowest BCUT2D eigenvalue weighted by atomic mass is 10.1. The first-order valence-corrected chi connectivity index (χ1v) is 9.30. The Morgan fingerprint density at radius 2 is 2.00 bits per heavy atom. The number of ether oxygens (including phenoxy) is 1. The zero-order chi connectivity index (χ0) is 16.2. The first-order chi connectivity index (χ1) is 10.4. The van der Waals surface area contributed by atoms with Gasteiger partial charge in [-0.25, -0.2) is 8.42 Å². The van der Waals surface area contributed by atoms with Crippen molar-refractivity contribution >= 4 is 28.2 Å². The minimum absolute atomic E-state index is 0. The Bertz CT molecular complexity index is 636. The van der Waals surface area contributed by atoms with Gasteiger partial charge in [-0.3, -0.25) is 4.79 Å². The second-order valence-electron chi connectivity index (χ2n) is 5.56. The molecule has 2 N–H and O–H groups in total. The summed E-state index contributed by atoms with van der Waals surface area (Å²) in [6.45, 7) is 3.40. The molecule has 1 aliphatic heterocycles. The average Bonchev–Trinajstić information content (AvgIpc) is 2.45. The third-order valence-corrected chi connectivity index (χ3v) is 4.42. The molecular weight excluding hydrogens is 340 g/mol. The number of amides is 1. The largest absolute Gasteiger partial charge is 0.375 e. The van der Waals surface area contributed by atoms with Crippen molar-refractivity contribution in [3.8, 4) is 0 Å². The summed E-state index contributed by atoms with van der Waals surface area (Å²) in [4.78, 5) is 12.2. The van der Waals surface area contributed by atoms with Crippen molar-refractivity contribution < 1.29 is 17.9 Å². The molecule has 2 atom stereocenters. The summed E-state index contributed by atoms with van der Waals surface area (Å²) in [7, 11) is -3.11. The van der Waals surface area contributed by atoms with Gasteiger partial charge in [0, 0.05) is 19.3 Å². The third-order valence-electron chi connectivity index (χ3n) is 3.59. The van der Waals surface area contributed by atoms with E-state index in [2.05, 4.69) is 10.6 Å². The second kappa shape index (κ2) is 8.63. The summed E-state index contributed by atoms with van der Waals surface area (Å²) >= 11 is 0. The lowest BCUT2D eigenvalue weighted by molar-refractivity contribution is -0.129. The molecule has 1 aliphatic rings. The van der Waals surface area contributed by atoms with Crippen LogP contribution < -0.4 is 10.6 Å². The lowest BCUT2D eigenvalue weighted by Crippen LogP contribution is -2.55. The number of halogens is 1. The molecule has 1 saturated heterocycles. The van der Waals surface area contributed by atoms with E-state index in [9.17, 15) is 13.2 Å². The molecule has 0 saturated carbocycles. The van der Waals surface area contributed by atoms with E-state index in [4.69, 9.17) is 4.74 Å². The van der Waals surface area contributed by atoms with Crippen molar-refractivity contribution in [3.05, 3.63) is 35.4 Å². The van der Waals surface area contributed by atoms with Crippen LogP contribution in [0.2, 0.25) is 0 Å². The van der Waals surface area contributed by atoms with Crippen LogP contribution in [0.25, 0.3) is 0 Å². The number of nitrogens with one attached hydrogen (secondary N) is 2. The Balaban J connectivity index is 0.00000264. The van der Waals surface area contributed by atoms with Crippen LogP contribution in [0.4, 0.5) is 0 Å². The van der Waals surface area contributed by atoms with Gasteiger partial charge in [-0.15, -0.1) is 12.4 Å². The highest BCUT2D eigenvalue weighted by atomic mass is 35.5. The van der Waals surface area contributed by atoms with Gasteiger partial charge >= 0.3 is 0 Å². The number of sulfone groups is 1. The molecule has 0 bridgehead atoms. The molecule has 1 fully saturated rings. The summed E-state index contributed by atoms with van der Waals surface area (Å²) in [6.07, 6.45) is 1.02. The summed E-state index contributed by atoms with van der Waals surface area (Å²) < 4.78 is 28.4. The molecule has 0 aromatic heterocycles. The van der Waals surface area contributed by atoms with Crippen LogP contribution in [0.3, 0.4) is 0 Å². The monoisotopic (exact) mass is 362 g/mol. The highest BCUT2D eigenvalue weighted by molar-refractivity contribution is 7.89. The molecule has 1 heterocycles. The van der Waals surface area contributed by atoms with Crippen molar-refractivity contribution in [2.24, 2.45) is 0 Å². The lowest BCUT2D eigenvalue weighted by Gasteiger charge is -2.29. The van der Waals surface area contributed by atoms with Crippen LogP contribution in [0.5, 0.6) is 0 Å². The van der Waals surface area contributed by atoms with Crippen molar-refractivity contribution in [1.29, 1.82) is 0 Å². The molecule has 0 unspecified atom stereocenters. The van der Waals surface area contributed by atoms with E-state index >= 15 is 0 Å². The highest BCUT2D eigenvalue weighted by Crippen LogP contribution is 2.12. The van der Waals surface area contributed by atoms with Crippen LogP contribution in [0, 0.1) is 0 Å². The van der Waals surface area contributed by atoms with Crippen LogP contribution in [-0.4, -0.2) is 45.9 Å². The number of rotatable bonds is 5. The molecule has 1 aromatic rings. The van der Waals surface area contributed by atoms with E-state index in [1.54, 1.807) is 12.1 Å². The summed E-state index contributed by atoms with van der Waals surface area (Å²) in [5.74, 6) is -0.165. The molecular formula is C15H23ClN2O4S. The Kier molecular flexibility index (Phi) is 7.47. The summed E-state index contributed by atoms with van der Waals surface area (Å²) in [6, 6.07) is 6.85.